The van der Waals surface area contributed by atoms with E-state index in [-0.39, 0.29) is 10.9 Å². The Morgan fingerprint density at radius 3 is 2.20 bits per heavy atom. The molecule has 1 amide bonds. The quantitative estimate of drug-likeness (QED) is 0.879. The lowest BCUT2D eigenvalue weighted by atomic mass is 10.1. The second-order valence-corrected chi connectivity index (χ2v) is 8.94. The highest BCUT2D eigenvalue weighted by molar-refractivity contribution is 7.89. The molecule has 1 saturated heterocycles. The maximum atomic E-state index is 12.7. The molecule has 1 fully saturated rings. The van der Waals surface area contributed by atoms with Crippen LogP contribution in [0.1, 0.15) is 33.6 Å². The number of rotatable bonds is 4. The highest BCUT2D eigenvalue weighted by Gasteiger charge is 2.30. The van der Waals surface area contributed by atoms with Crippen molar-refractivity contribution in [1.29, 1.82) is 0 Å². The number of piperidine rings is 1. The molecule has 0 aromatic heterocycles. The molecule has 0 aliphatic carbocycles. The van der Waals surface area contributed by atoms with Gasteiger partial charge in [0.25, 0.3) is 0 Å². The predicted octanol–water partition coefficient (Wildman–Crippen LogP) is 2.37. The van der Waals surface area contributed by atoms with E-state index in [0.717, 1.165) is 0 Å². The molecule has 0 saturated carbocycles. The molecular formula is C17H26N2O5S. The Morgan fingerprint density at radius 2 is 1.72 bits per heavy atom. The van der Waals surface area contributed by atoms with Crippen LogP contribution in [0.4, 0.5) is 4.79 Å². The minimum atomic E-state index is -3.53. The van der Waals surface area contributed by atoms with Gasteiger partial charge in [0.05, 0.1) is 12.0 Å². The summed E-state index contributed by atoms with van der Waals surface area (Å²) in [6.07, 6.45) is 0.632. The van der Waals surface area contributed by atoms with Gasteiger partial charge in [-0.05, 0) is 57.9 Å². The smallest absolute Gasteiger partial charge is 0.407 e. The molecule has 1 heterocycles. The minimum absolute atomic E-state index is 0.0860. The average Bonchev–Trinajstić information content (AvgIpc) is 2.53. The summed E-state index contributed by atoms with van der Waals surface area (Å²) in [6.45, 7) is 6.12. The summed E-state index contributed by atoms with van der Waals surface area (Å²) >= 11 is 0. The first-order valence-corrected chi connectivity index (χ1v) is 9.69. The number of hydrogen-bond donors (Lipinski definition) is 1. The van der Waals surface area contributed by atoms with Gasteiger partial charge < -0.3 is 14.8 Å². The number of methoxy groups -OCH3 is 1. The van der Waals surface area contributed by atoms with Gasteiger partial charge in [0, 0.05) is 19.1 Å². The molecule has 2 rings (SSSR count). The molecule has 0 radical (unpaired) electrons. The van der Waals surface area contributed by atoms with Crippen LogP contribution >= 0.6 is 0 Å². The molecule has 1 aliphatic rings. The van der Waals surface area contributed by atoms with Crippen molar-refractivity contribution in [1.82, 2.24) is 9.62 Å². The fourth-order valence-electron chi connectivity index (χ4n) is 2.61. The number of carbonyl (C=O) groups excluding carboxylic acids is 1. The second-order valence-electron chi connectivity index (χ2n) is 7.00. The van der Waals surface area contributed by atoms with Gasteiger partial charge in [0.15, 0.2) is 0 Å². The third-order valence-corrected chi connectivity index (χ3v) is 5.78. The van der Waals surface area contributed by atoms with E-state index in [4.69, 9.17) is 9.47 Å². The van der Waals surface area contributed by atoms with Crippen LogP contribution in [0, 0.1) is 0 Å². The SMILES string of the molecule is COc1ccc(S(=O)(=O)N2CCC(NC(=O)OC(C)(C)C)CC2)cc1. The molecule has 0 atom stereocenters. The van der Waals surface area contributed by atoms with E-state index in [0.29, 0.717) is 31.7 Å². The third-order valence-electron chi connectivity index (χ3n) is 3.87. The Bertz CT molecular complexity index is 687. The first-order chi connectivity index (χ1) is 11.6. The fraction of sp³-hybridized carbons (Fsp3) is 0.588. The molecule has 8 heteroatoms. The van der Waals surface area contributed by atoms with Crippen LogP contribution in [-0.2, 0) is 14.8 Å². The Hall–Kier alpha value is -1.80. The molecule has 140 valence electrons. The first kappa shape index (κ1) is 19.5. The number of sulfonamides is 1. The Kier molecular flexibility index (Phi) is 5.95. The Labute approximate surface area is 149 Å². The number of alkyl carbamates (subject to hydrolysis) is 1. The van der Waals surface area contributed by atoms with Crippen LogP contribution in [0.5, 0.6) is 5.75 Å². The molecular weight excluding hydrogens is 344 g/mol. The lowest BCUT2D eigenvalue weighted by Gasteiger charge is -2.32. The van der Waals surface area contributed by atoms with Gasteiger partial charge in [-0.2, -0.15) is 4.31 Å². The van der Waals surface area contributed by atoms with Crippen LogP contribution in [-0.4, -0.2) is 50.7 Å². The molecule has 1 N–H and O–H groups in total. The lowest BCUT2D eigenvalue weighted by molar-refractivity contribution is 0.0489. The van der Waals surface area contributed by atoms with Crippen molar-refractivity contribution in [2.24, 2.45) is 0 Å². The Morgan fingerprint density at radius 1 is 1.16 bits per heavy atom. The van der Waals surface area contributed by atoms with E-state index in [9.17, 15) is 13.2 Å². The standard InChI is InChI=1S/C17H26N2O5S/c1-17(2,3)24-16(20)18-13-9-11-19(12-10-13)25(21,22)15-7-5-14(23-4)6-8-15/h5-8,13H,9-12H2,1-4H3,(H,18,20). The molecule has 7 nitrogen and oxygen atoms in total. The van der Waals surface area contributed by atoms with Crippen molar-refractivity contribution in [3.05, 3.63) is 24.3 Å². The highest BCUT2D eigenvalue weighted by atomic mass is 32.2. The zero-order chi connectivity index (χ0) is 18.7. The van der Waals surface area contributed by atoms with Crippen molar-refractivity contribution < 1.29 is 22.7 Å². The van der Waals surface area contributed by atoms with Crippen LogP contribution < -0.4 is 10.1 Å². The van der Waals surface area contributed by atoms with E-state index >= 15 is 0 Å². The van der Waals surface area contributed by atoms with Crippen LogP contribution in [0.15, 0.2) is 29.2 Å². The molecule has 0 bridgehead atoms. The topological polar surface area (TPSA) is 84.9 Å². The summed E-state index contributed by atoms with van der Waals surface area (Å²) in [5, 5.41) is 2.80. The maximum absolute atomic E-state index is 12.7. The van der Waals surface area contributed by atoms with Gasteiger partial charge in [-0.25, -0.2) is 13.2 Å². The second kappa shape index (κ2) is 7.61. The van der Waals surface area contributed by atoms with Crippen LogP contribution in [0.2, 0.25) is 0 Å². The number of benzene rings is 1. The number of amides is 1. The number of ether oxygens (including phenoxy) is 2. The zero-order valence-electron chi connectivity index (χ0n) is 15.1. The van der Waals surface area contributed by atoms with Gasteiger partial charge in [-0.3, -0.25) is 0 Å². The molecule has 25 heavy (non-hydrogen) atoms. The first-order valence-electron chi connectivity index (χ1n) is 8.25. The predicted molar refractivity (Wildman–Crippen MR) is 94.1 cm³/mol. The summed E-state index contributed by atoms with van der Waals surface area (Å²) in [4.78, 5) is 12.1. The molecule has 0 spiro atoms. The molecule has 1 aromatic rings. The van der Waals surface area contributed by atoms with Crippen molar-refractivity contribution in [3.63, 3.8) is 0 Å². The summed E-state index contributed by atoms with van der Waals surface area (Å²) in [6, 6.07) is 6.25. The van der Waals surface area contributed by atoms with Gasteiger partial charge >= 0.3 is 6.09 Å². The van der Waals surface area contributed by atoms with Gasteiger partial charge in [0.1, 0.15) is 11.4 Å². The molecule has 1 aromatic carbocycles. The highest BCUT2D eigenvalue weighted by Crippen LogP contribution is 2.23. The summed E-state index contributed by atoms with van der Waals surface area (Å²) in [7, 11) is -2.00. The van der Waals surface area contributed by atoms with Crippen molar-refractivity contribution in [2.75, 3.05) is 20.2 Å². The van der Waals surface area contributed by atoms with E-state index in [2.05, 4.69) is 5.32 Å². The molecule has 1 aliphatic heterocycles. The lowest BCUT2D eigenvalue weighted by Crippen LogP contribution is -2.47. The van der Waals surface area contributed by atoms with Crippen LogP contribution in [0.25, 0.3) is 0 Å². The third kappa shape index (κ3) is 5.34. The minimum Gasteiger partial charge on any atom is -0.497 e. The van der Waals surface area contributed by atoms with Crippen molar-refractivity contribution in [2.45, 2.75) is 50.2 Å². The average molecular weight is 370 g/mol. The summed E-state index contributed by atoms with van der Waals surface area (Å²) in [5.41, 5.74) is -0.553. The van der Waals surface area contributed by atoms with E-state index in [1.54, 1.807) is 45.0 Å². The number of carbonyl (C=O) groups is 1. The number of hydrogen-bond acceptors (Lipinski definition) is 5. The number of nitrogens with zero attached hydrogens (tertiary/aromatic N) is 1. The van der Waals surface area contributed by atoms with Gasteiger partial charge in [-0.15, -0.1) is 0 Å². The maximum Gasteiger partial charge on any atom is 0.407 e. The molecule has 0 unspecified atom stereocenters. The Balaban J connectivity index is 1.93. The van der Waals surface area contributed by atoms with Crippen molar-refractivity contribution >= 4 is 16.1 Å². The normalized spacial score (nSPS) is 17.1. The monoisotopic (exact) mass is 370 g/mol. The van der Waals surface area contributed by atoms with E-state index < -0.39 is 21.7 Å². The fourth-order valence-corrected chi connectivity index (χ4v) is 4.08. The van der Waals surface area contributed by atoms with E-state index in [1.165, 1.54) is 11.4 Å². The van der Waals surface area contributed by atoms with Crippen molar-refractivity contribution in [3.8, 4) is 5.75 Å². The number of nitrogens with one attached hydrogen (secondary N) is 1. The zero-order valence-corrected chi connectivity index (χ0v) is 15.9. The summed E-state index contributed by atoms with van der Waals surface area (Å²) in [5.74, 6) is 0.610. The van der Waals surface area contributed by atoms with Gasteiger partial charge in [0.2, 0.25) is 10.0 Å². The van der Waals surface area contributed by atoms with Crippen LogP contribution in [0.3, 0.4) is 0 Å². The van der Waals surface area contributed by atoms with Gasteiger partial charge in [-0.1, -0.05) is 0 Å². The largest absolute Gasteiger partial charge is 0.497 e. The summed E-state index contributed by atoms with van der Waals surface area (Å²) < 4.78 is 37.1. The van der Waals surface area contributed by atoms with E-state index in [1.807, 2.05) is 0 Å².